The predicted molar refractivity (Wildman–Crippen MR) is 138 cm³/mol. The molecule has 12 heteroatoms. The Balaban J connectivity index is 1.37. The first kappa shape index (κ1) is 25.8. The molecular weight excluding hydrogens is 519 g/mol. The average molecular weight is 539 g/mol. The van der Waals surface area contributed by atoms with Crippen molar-refractivity contribution in [2.75, 3.05) is 28.3 Å². The van der Waals surface area contributed by atoms with E-state index in [1.165, 1.54) is 36.1 Å². The van der Waals surface area contributed by atoms with Gasteiger partial charge in [0.15, 0.2) is 11.7 Å². The van der Waals surface area contributed by atoms with Crippen molar-refractivity contribution in [2.24, 2.45) is 0 Å². The standard InChI is InChI=1S/C22H20Cl2N4O4S2/c1-13(29)25-15-3-5-16(6-4-15)26-21(31)12-33-10-17-11-34-22(27-17)28-20(30)9-32-19-7-2-14(23)8-18(19)24/h2-8,11H,9-10,12H2,1H3,(H,25,29)(H,26,31)(H,27,28,30). The van der Waals surface area contributed by atoms with Crippen molar-refractivity contribution in [3.8, 4) is 5.75 Å². The minimum Gasteiger partial charge on any atom is -0.482 e. The summed E-state index contributed by atoms with van der Waals surface area (Å²) < 4.78 is 5.40. The summed E-state index contributed by atoms with van der Waals surface area (Å²) in [5.41, 5.74) is 2.05. The number of aromatic nitrogens is 1. The molecule has 2 aromatic carbocycles. The molecular formula is C22H20Cl2N4O4S2. The lowest BCUT2D eigenvalue weighted by Crippen LogP contribution is -2.20. The molecule has 0 radical (unpaired) electrons. The normalized spacial score (nSPS) is 10.4. The highest BCUT2D eigenvalue weighted by molar-refractivity contribution is 7.99. The van der Waals surface area contributed by atoms with E-state index in [-0.39, 0.29) is 30.1 Å². The number of benzene rings is 2. The van der Waals surface area contributed by atoms with Crippen molar-refractivity contribution in [2.45, 2.75) is 12.7 Å². The van der Waals surface area contributed by atoms with E-state index in [9.17, 15) is 14.4 Å². The molecule has 0 aliphatic rings. The molecule has 0 spiro atoms. The fourth-order valence-corrected chi connectivity index (χ4v) is 4.62. The Morgan fingerprint density at radius 3 is 2.38 bits per heavy atom. The molecule has 0 aliphatic heterocycles. The molecule has 0 bridgehead atoms. The summed E-state index contributed by atoms with van der Waals surface area (Å²) in [7, 11) is 0. The molecule has 0 fully saturated rings. The van der Waals surface area contributed by atoms with Crippen LogP contribution in [-0.2, 0) is 20.1 Å². The molecule has 0 aliphatic carbocycles. The molecule has 8 nitrogen and oxygen atoms in total. The number of rotatable bonds is 10. The first-order valence-electron chi connectivity index (χ1n) is 9.86. The lowest BCUT2D eigenvalue weighted by Gasteiger charge is -2.07. The second-order valence-electron chi connectivity index (χ2n) is 6.86. The number of hydrogen-bond donors (Lipinski definition) is 3. The number of amides is 3. The maximum atomic E-state index is 12.1. The Morgan fingerprint density at radius 1 is 1.00 bits per heavy atom. The molecule has 0 saturated heterocycles. The molecule has 0 saturated carbocycles. The highest BCUT2D eigenvalue weighted by Gasteiger charge is 2.10. The molecule has 3 amide bonds. The van der Waals surface area contributed by atoms with Crippen LogP contribution in [-0.4, -0.2) is 35.1 Å². The van der Waals surface area contributed by atoms with Crippen LogP contribution < -0.4 is 20.7 Å². The van der Waals surface area contributed by atoms with Gasteiger partial charge in [0.05, 0.1) is 16.5 Å². The number of halogens is 2. The third-order valence-electron chi connectivity index (χ3n) is 4.02. The van der Waals surface area contributed by atoms with Gasteiger partial charge in [-0.3, -0.25) is 19.7 Å². The van der Waals surface area contributed by atoms with Crippen LogP contribution in [0.1, 0.15) is 12.6 Å². The van der Waals surface area contributed by atoms with Gasteiger partial charge in [-0.05, 0) is 42.5 Å². The Kier molecular flexibility index (Phi) is 9.58. The van der Waals surface area contributed by atoms with E-state index in [1.807, 2.05) is 5.38 Å². The van der Waals surface area contributed by atoms with E-state index in [0.717, 1.165) is 5.69 Å². The molecule has 34 heavy (non-hydrogen) atoms. The maximum absolute atomic E-state index is 12.1. The van der Waals surface area contributed by atoms with E-state index in [1.54, 1.807) is 36.4 Å². The largest absolute Gasteiger partial charge is 0.482 e. The van der Waals surface area contributed by atoms with Crippen LogP contribution >= 0.6 is 46.3 Å². The van der Waals surface area contributed by atoms with Crippen molar-refractivity contribution >= 4 is 80.5 Å². The van der Waals surface area contributed by atoms with Gasteiger partial charge in [0.25, 0.3) is 5.91 Å². The summed E-state index contributed by atoms with van der Waals surface area (Å²) in [6.45, 7) is 1.21. The minimum absolute atomic E-state index is 0.154. The molecule has 3 aromatic rings. The van der Waals surface area contributed by atoms with Crippen LogP contribution in [0.2, 0.25) is 10.0 Å². The summed E-state index contributed by atoms with van der Waals surface area (Å²) in [6, 6.07) is 11.6. The third kappa shape index (κ3) is 8.53. The fourth-order valence-electron chi connectivity index (χ4n) is 2.61. The minimum atomic E-state index is -0.372. The van der Waals surface area contributed by atoms with E-state index < -0.39 is 0 Å². The summed E-state index contributed by atoms with van der Waals surface area (Å²) in [4.78, 5) is 39.6. The van der Waals surface area contributed by atoms with E-state index in [2.05, 4.69) is 20.9 Å². The second-order valence-corrected chi connectivity index (χ2v) is 9.54. The number of ether oxygens (including phenoxy) is 1. The number of anilines is 3. The molecule has 3 rings (SSSR count). The predicted octanol–water partition coefficient (Wildman–Crippen LogP) is 5.30. The first-order valence-corrected chi connectivity index (χ1v) is 12.6. The van der Waals surface area contributed by atoms with Crippen LogP contribution in [0.5, 0.6) is 5.75 Å². The fraction of sp³-hybridized carbons (Fsp3) is 0.182. The van der Waals surface area contributed by atoms with Crippen molar-refractivity contribution < 1.29 is 19.1 Å². The topological polar surface area (TPSA) is 109 Å². The van der Waals surface area contributed by atoms with E-state index >= 15 is 0 Å². The quantitative estimate of drug-likeness (QED) is 0.323. The summed E-state index contributed by atoms with van der Waals surface area (Å²) in [5, 5.41) is 11.2. The lowest BCUT2D eigenvalue weighted by molar-refractivity contribution is -0.118. The Morgan fingerprint density at radius 2 is 1.71 bits per heavy atom. The van der Waals surface area contributed by atoms with E-state index in [4.69, 9.17) is 27.9 Å². The van der Waals surface area contributed by atoms with E-state index in [0.29, 0.717) is 38.1 Å². The number of hydrogen-bond acceptors (Lipinski definition) is 7. The summed E-state index contributed by atoms with van der Waals surface area (Å²) in [6.07, 6.45) is 0. The zero-order chi connectivity index (χ0) is 24.5. The van der Waals surface area contributed by atoms with Crippen molar-refractivity contribution in [3.05, 3.63) is 63.6 Å². The van der Waals surface area contributed by atoms with Gasteiger partial charge in [-0.15, -0.1) is 23.1 Å². The summed E-state index contributed by atoms with van der Waals surface area (Å²) in [5.74, 6) is 0.427. The van der Waals surface area contributed by atoms with Crippen LogP contribution in [0.25, 0.3) is 0 Å². The Hall–Kier alpha value is -2.79. The van der Waals surface area contributed by atoms with Gasteiger partial charge in [-0.2, -0.15) is 0 Å². The number of thioether (sulfide) groups is 1. The highest BCUT2D eigenvalue weighted by atomic mass is 35.5. The maximum Gasteiger partial charge on any atom is 0.264 e. The smallest absolute Gasteiger partial charge is 0.264 e. The third-order valence-corrected chi connectivity index (χ3v) is 6.33. The van der Waals surface area contributed by atoms with Crippen LogP contribution in [0.4, 0.5) is 16.5 Å². The van der Waals surface area contributed by atoms with Crippen molar-refractivity contribution in [1.82, 2.24) is 4.98 Å². The average Bonchev–Trinajstić information content (AvgIpc) is 3.21. The molecule has 178 valence electrons. The van der Waals surface area contributed by atoms with Gasteiger partial charge < -0.3 is 15.4 Å². The molecule has 0 unspecified atom stereocenters. The number of nitrogens with one attached hydrogen (secondary N) is 3. The van der Waals surface area contributed by atoms with Crippen LogP contribution in [0.15, 0.2) is 47.8 Å². The molecule has 0 atom stereocenters. The van der Waals surface area contributed by atoms with Gasteiger partial charge in [-0.1, -0.05) is 23.2 Å². The number of thiazole rings is 1. The van der Waals surface area contributed by atoms with Crippen molar-refractivity contribution in [1.29, 1.82) is 0 Å². The first-order chi connectivity index (χ1) is 16.3. The summed E-state index contributed by atoms with van der Waals surface area (Å²) >= 11 is 14.5. The molecule has 3 N–H and O–H groups in total. The molecule has 1 heterocycles. The Bertz CT molecular complexity index is 1170. The van der Waals surface area contributed by atoms with Gasteiger partial charge in [0.1, 0.15) is 5.75 Å². The van der Waals surface area contributed by atoms with Gasteiger partial charge in [0, 0.05) is 34.5 Å². The number of carbonyl (C=O) groups is 3. The Labute approximate surface area is 214 Å². The van der Waals surface area contributed by atoms with Crippen molar-refractivity contribution in [3.63, 3.8) is 0 Å². The zero-order valence-corrected chi connectivity index (χ0v) is 21.0. The number of nitrogens with zero attached hydrogens (tertiary/aromatic N) is 1. The monoisotopic (exact) mass is 538 g/mol. The lowest BCUT2D eigenvalue weighted by atomic mass is 10.3. The van der Waals surface area contributed by atoms with Crippen LogP contribution in [0, 0.1) is 0 Å². The van der Waals surface area contributed by atoms with Crippen LogP contribution in [0.3, 0.4) is 0 Å². The highest BCUT2D eigenvalue weighted by Crippen LogP contribution is 2.27. The van der Waals surface area contributed by atoms with Gasteiger partial charge >= 0.3 is 0 Å². The SMILES string of the molecule is CC(=O)Nc1ccc(NC(=O)CSCc2csc(NC(=O)COc3ccc(Cl)cc3Cl)n2)cc1. The zero-order valence-electron chi connectivity index (χ0n) is 17.9. The van der Waals surface area contributed by atoms with Gasteiger partial charge in [-0.25, -0.2) is 4.98 Å². The van der Waals surface area contributed by atoms with Gasteiger partial charge in [0.2, 0.25) is 11.8 Å². The number of carbonyl (C=O) groups excluding carboxylic acids is 3. The molecule has 1 aromatic heterocycles. The second kappa shape index (κ2) is 12.6.